The molecule has 1 aromatic rings. The summed E-state index contributed by atoms with van der Waals surface area (Å²) in [6.07, 6.45) is 0. The number of hydrogen-bond acceptors (Lipinski definition) is 5. The number of carbonyl (C=O) groups is 1. The summed E-state index contributed by atoms with van der Waals surface area (Å²) in [4.78, 5) is 11.7. The molecule has 20 heavy (non-hydrogen) atoms. The van der Waals surface area contributed by atoms with E-state index >= 15 is 0 Å². The molecular formula is C15H23NO4. The first-order chi connectivity index (χ1) is 9.35. The van der Waals surface area contributed by atoms with E-state index in [0.29, 0.717) is 0 Å². The van der Waals surface area contributed by atoms with E-state index in [1.165, 1.54) is 7.11 Å². The van der Waals surface area contributed by atoms with E-state index in [-0.39, 0.29) is 12.0 Å². The molecule has 0 spiro atoms. The van der Waals surface area contributed by atoms with Gasteiger partial charge in [-0.1, -0.05) is 0 Å². The average Bonchev–Trinajstić information content (AvgIpc) is 2.44. The van der Waals surface area contributed by atoms with Crippen molar-refractivity contribution in [3.63, 3.8) is 0 Å². The molecule has 0 amide bonds. The molecular weight excluding hydrogens is 258 g/mol. The van der Waals surface area contributed by atoms with Gasteiger partial charge in [0, 0.05) is 11.6 Å². The van der Waals surface area contributed by atoms with E-state index in [1.807, 2.05) is 25.1 Å². The number of esters is 1. The van der Waals surface area contributed by atoms with Crippen LogP contribution < -0.4 is 14.8 Å². The molecule has 1 aromatic carbocycles. The Labute approximate surface area is 120 Å². The van der Waals surface area contributed by atoms with Gasteiger partial charge in [0.05, 0.1) is 21.3 Å². The van der Waals surface area contributed by atoms with E-state index in [4.69, 9.17) is 14.2 Å². The van der Waals surface area contributed by atoms with E-state index < -0.39 is 5.54 Å². The third-order valence-electron chi connectivity index (χ3n) is 3.18. The molecule has 0 saturated heterocycles. The first-order valence-corrected chi connectivity index (χ1v) is 6.43. The second-order valence-electron chi connectivity index (χ2n) is 5.09. The van der Waals surface area contributed by atoms with Gasteiger partial charge in [0.1, 0.15) is 17.0 Å². The number of benzene rings is 1. The Bertz CT molecular complexity index is 471. The molecule has 0 aliphatic carbocycles. The topological polar surface area (TPSA) is 56.8 Å². The van der Waals surface area contributed by atoms with Crippen LogP contribution in [0, 0.1) is 0 Å². The van der Waals surface area contributed by atoms with Crippen molar-refractivity contribution in [3.8, 4) is 11.5 Å². The molecule has 0 bridgehead atoms. The summed E-state index contributed by atoms with van der Waals surface area (Å²) in [6, 6.07) is 5.47. The summed E-state index contributed by atoms with van der Waals surface area (Å²) >= 11 is 0. The van der Waals surface area contributed by atoms with E-state index in [2.05, 4.69) is 5.32 Å². The van der Waals surface area contributed by atoms with Gasteiger partial charge in [-0.25, -0.2) is 0 Å². The molecule has 1 N–H and O–H groups in total. The molecule has 0 heterocycles. The van der Waals surface area contributed by atoms with Gasteiger partial charge in [-0.15, -0.1) is 0 Å². The number of nitrogens with one attached hydrogen (secondary N) is 1. The first-order valence-electron chi connectivity index (χ1n) is 6.43. The van der Waals surface area contributed by atoms with Gasteiger partial charge >= 0.3 is 5.97 Å². The first kappa shape index (κ1) is 16.3. The van der Waals surface area contributed by atoms with Crippen LogP contribution in [-0.2, 0) is 9.53 Å². The van der Waals surface area contributed by atoms with Crippen molar-refractivity contribution in [3.05, 3.63) is 23.8 Å². The molecule has 0 saturated carbocycles. The highest BCUT2D eigenvalue weighted by Crippen LogP contribution is 2.30. The summed E-state index contributed by atoms with van der Waals surface area (Å²) in [6.45, 7) is 5.52. The molecule has 5 nitrogen and oxygen atoms in total. The number of rotatable bonds is 6. The molecule has 0 fully saturated rings. The fourth-order valence-electron chi connectivity index (χ4n) is 2.11. The minimum Gasteiger partial charge on any atom is -0.497 e. The maximum atomic E-state index is 11.7. The smallest absolute Gasteiger partial charge is 0.325 e. The van der Waals surface area contributed by atoms with Crippen molar-refractivity contribution >= 4 is 5.97 Å². The lowest BCUT2D eigenvalue weighted by Gasteiger charge is -2.28. The highest BCUT2D eigenvalue weighted by molar-refractivity contribution is 5.79. The summed E-state index contributed by atoms with van der Waals surface area (Å²) in [5.74, 6) is 1.17. The van der Waals surface area contributed by atoms with Gasteiger partial charge in [0.2, 0.25) is 0 Å². The molecule has 112 valence electrons. The van der Waals surface area contributed by atoms with Crippen LogP contribution >= 0.6 is 0 Å². The predicted octanol–water partition coefficient (Wildman–Crippen LogP) is 2.31. The van der Waals surface area contributed by atoms with Gasteiger partial charge in [0.25, 0.3) is 0 Å². The summed E-state index contributed by atoms with van der Waals surface area (Å²) in [5.41, 5.74) is 0.131. The van der Waals surface area contributed by atoms with Crippen molar-refractivity contribution < 1.29 is 19.0 Å². The zero-order chi connectivity index (χ0) is 15.3. The van der Waals surface area contributed by atoms with Crippen molar-refractivity contribution in [1.82, 2.24) is 5.32 Å². The van der Waals surface area contributed by atoms with E-state index in [1.54, 1.807) is 28.1 Å². The maximum absolute atomic E-state index is 11.7. The van der Waals surface area contributed by atoms with Crippen LogP contribution in [-0.4, -0.2) is 32.8 Å². The Hall–Kier alpha value is -1.75. The molecule has 0 aromatic heterocycles. The summed E-state index contributed by atoms with van der Waals surface area (Å²) in [7, 11) is 4.61. The Kier molecular flexibility index (Phi) is 5.39. The molecule has 0 aliphatic rings. The lowest BCUT2D eigenvalue weighted by Crippen LogP contribution is -2.48. The van der Waals surface area contributed by atoms with Crippen LogP contribution in [0.15, 0.2) is 18.2 Å². The second-order valence-corrected chi connectivity index (χ2v) is 5.09. The van der Waals surface area contributed by atoms with Crippen molar-refractivity contribution in [1.29, 1.82) is 0 Å². The normalized spacial score (nSPS) is 12.7. The maximum Gasteiger partial charge on any atom is 0.325 e. The fraction of sp³-hybridized carbons (Fsp3) is 0.533. The minimum atomic E-state index is -0.789. The highest BCUT2D eigenvalue weighted by atomic mass is 16.5. The quantitative estimate of drug-likeness (QED) is 0.811. The molecule has 1 unspecified atom stereocenters. The monoisotopic (exact) mass is 281 g/mol. The average molecular weight is 281 g/mol. The van der Waals surface area contributed by atoms with Crippen molar-refractivity contribution in [2.75, 3.05) is 21.3 Å². The zero-order valence-corrected chi connectivity index (χ0v) is 12.9. The molecule has 1 rings (SSSR count). The van der Waals surface area contributed by atoms with Crippen LogP contribution in [0.4, 0.5) is 0 Å². The van der Waals surface area contributed by atoms with Crippen LogP contribution in [0.1, 0.15) is 32.4 Å². The third kappa shape index (κ3) is 3.63. The fourth-order valence-corrected chi connectivity index (χ4v) is 2.11. The van der Waals surface area contributed by atoms with Crippen molar-refractivity contribution in [2.45, 2.75) is 32.4 Å². The molecule has 0 radical (unpaired) electrons. The van der Waals surface area contributed by atoms with Gasteiger partial charge < -0.3 is 14.2 Å². The lowest BCUT2D eigenvalue weighted by molar-refractivity contribution is -0.147. The highest BCUT2D eigenvalue weighted by Gasteiger charge is 2.31. The van der Waals surface area contributed by atoms with Gasteiger partial charge in [-0.2, -0.15) is 0 Å². The van der Waals surface area contributed by atoms with Crippen LogP contribution in [0.25, 0.3) is 0 Å². The number of hydrogen-bond donors (Lipinski definition) is 1. The number of methoxy groups -OCH3 is 3. The molecule has 5 heteroatoms. The van der Waals surface area contributed by atoms with Crippen LogP contribution in [0.2, 0.25) is 0 Å². The lowest BCUT2D eigenvalue weighted by atomic mass is 10.00. The number of carbonyl (C=O) groups excluding carboxylic acids is 1. The second kappa shape index (κ2) is 6.61. The molecule has 0 aliphatic heterocycles. The predicted molar refractivity (Wildman–Crippen MR) is 77.2 cm³/mol. The van der Waals surface area contributed by atoms with Gasteiger partial charge in [0.15, 0.2) is 0 Å². The van der Waals surface area contributed by atoms with E-state index in [0.717, 1.165) is 17.1 Å². The van der Waals surface area contributed by atoms with Crippen LogP contribution in [0.3, 0.4) is 0 Å². The third-order valence-corrected chi connectivity index (χ3v) is 3.18. The van der Waals surface area contributed by atoms with Gasteiger partial charge in [-0.3, -0.25) is 10.1 Å². The summed E-state index contributed by atoms with van der Waals surface area (Å²) in [5, 5.41) is 3.24. The van der Waals surface area contributed by atoms with Crippen molar-refractivity contribution in [2.24, 2.45) is 0 Å². The number of ether oxygens (including phenoxy) is 3. The van der Waals surface area contributed by atoms with Gasteiger partial charge in [-0.05, 0) is 39.0 Å². The summed E-state index contributed by atoms with van der Waals surface area (Å²) < 4.78 is 15.4. The van der Waals surface area contributed by atoms with Crippen LogP contribution in [0.5, 0.6) is 11.5 Å². The minimum absolute atomic E-state index is 0.103. The Morgan fingerprint density at radius 3 is 2.35 bits per heavy atom. The largest absolute Gasteiger partial charge is 0.497 e. The molecule has 1 atom stereocenters. The Morgan fingerprint density at radius 1 is 1.20 bits per heavy atom. The standard InChI is InChI=1S/C15H23NO4/c1-10(16-15(2,3)14(17)20-6)12-9-11(18-4)7-8-13(12)19-5/h7-10,16H,1-6H3. The zero-order valence-electron chi connectivity index (χ0n) is 12.9. The SMILES string of the molecule is COC(=O)C(C)(C)NC(C)c1cc(OC)ccc1OC. The van der Waals surface area contributed by atoms with E-state index in [9.17, 15) is 4.79 Å². The Morgan fingerprint density at radius 2 is 1.85 bits per heavy atom. The Balaban J connectivity index is 3.02.